The van der Waals surface area contributed by atoms with Gasteiger partial charge >= 0.3 is 12.2 Å². The number of carbonyl (C=O) groups excluding carboxylic acids is 2. The average molecular weight is 415 g/mol. The summed E-state index contributed by atoms with van der Waals surface area (Å²) in [6.07, 6.45) is -0.858. The van der Waals surface area contributed by atoms with Crippen LogP contribution in [0.15, 0.2) is 29.2 Å². The number of benzene rings is 1. The molecular formula is C19H24F3N3O2S. The summed E-state index contributed by atoms with van der Waals surface area (Å²) in [5.74, 6) is -1.62. The number of urea groups is 1. The summed E-state index contributed by atoms with van der Waals surface area (Å²) in [6, 6.07) is 6.47. The quantitative estimate of drug-likeness (QED) is 0.750. The summed E-state index contributed by atoms with van der Waals surface area (Å²) in [5, 5.41) is 2.77. The largest absolute Gasteiger partial charge is 0.398 e. The molecule has 0 saturated carbocycles. The van der Waals surface area contributed by atoms with E-state index in [9.17, 15) is 22.8 Å². The number of anilines is 1. The molecule has 0 bridgehead atoms. The van der Waals surface area contributed by atoms with E-state index in [1.54, 1.807) is 29.2 Å². The maximum atomic E-state index is 12.7. The third-order valence-corrected chi connectivity index (χ3v) is 6.11. The SMILES string of the molecule is O=C(Nc1ccccc1SCC(F)(F)F)[C@H]1CCCN(C(=O)N2CCCC2)C1. The van der Waals surface area contributed by atoms with E-state index in [0.717, 1.165) is 32.4 Å². The van der Waals surface area contributed by atoms with Crippen LogP contribution >= 0.6 is 11.8 Å². The Morgan fingerprint density at radius 1 is 1.07 bits per heavy atom. The van der Waals surface area contributed by atoms with E-state index >= 15 is 0 Å². The van der Waals surface area contributed by atoms with E-state index in [-0.39, 0.29) is 17.9 Å². The number of nitrogens with one attached hydrogen (secondary N) is 1. The predicted octanol–water partition coefficient (Wildman–Crippen LogP) is 4.21. The lowest BCUT2D eigenvalue weighted by atomic mass is 9.97. The van der Waals surface area contributed by atoms with Crippen molar-refractivity contribution in [2.24, 2.45) is 5.92 Å². The van der Waals surface area contributed by atoms with Crippen molar-refractivity contribution in [1.82, 2.24) is 9.80 Å². The van der Waals surface area contributed by atoms with Crippen LogP contribution in [0.1, 0.15) is 25.7 Å². The predicted molar refractivity (Wildman–Crippen MR) is 102 cm³/mol. The molecule has 2 aliphatic rings. The lowest BCUT2D eigenvalue weighted by Gasteiger charge is -2.34. The van der Waals surface area contributed by atoms with Crippen LogP contribution in [-0.2, 0) is 4.79 Å². The highest BCUT2D eigenvalue weighted by atomic mass is 32.2. The van der Waals surface area contributed by atoms with Crippen molar-refractivity contribution in [3.05, 3.63) is 24.3 Å². The van der Waals surface area contributed by atoms with E-state index in [0.29, 0.717) is 41.9 Å². The Balaban J connectivity index is 1.60. The van der Waals surface area contributed by atoms with Gasteiger partial charge in [-0.3, -0.25) is 4.79 Å². The zero-order valence-electron chi connectivity index (χ0n) is 15.5. The van der Waals surface area contributed by atoms with Crippen LogP contribution in [0.2, 0.25) is 0 Å². The molecule has 3 rings (SSSR count). The molecule has 3 amide bonds. The van der Waals surface area contributed by atoms with Gasteiger partial charge in [-0.1, -0.05) is 12.1 Å². The first-order chi connectivity index (χ1) is 13.3. The number of para-hydroxylation sites is 1. The molecule has 5 nitrogen and oxygen atoms in total. The number of rotatable bonds is 4. The smallest absolute Gasteiger partial charge is 0.325 e. The van der Waals surface area contributed by atoms with Crippen LogP contribution in [0.4, 0.5) is 23.7 Å². The van der Waals surface area contributed by atoms with E-state index in [2.05, 4.69) is 5.32 Å². The number of alkyl halides is 3. The molecule has 0 spiro atoms. The number of thioether (sulfide) groups is 1. The molecule has 1 aromatic carbocycles. The van der Waals surface area contributed by atoms with Crippen molar-refractivity contribution in [3.8, 4) is 0 Å². The van der Waals surface area contributed by atoms with Crippen molar-refractivity contribution in [2.75, 3.05) is 37.2 Å². The Morgan fingerprint density at radius 3 is 2.46 bits per heavy atom. The first kappa shape index (κ1) is 20.8. The Hall–Kier alpha value is -1.90. The van der Waals surface area contributed by atoms with Gasteiger partial charge in [0.1, 0.15) is 0 Å². The summed E-state index contributed by atoms with van der Waals surface area (Å²) in [4.78, 5) is 29.2. The fourth-order valence-electron chi connectivity index (χ4n) is 3.56. The molecule has 1 aromatic rings. The maximum Gasteiger partial charge on any atom is 0.398 e. The van der Waals surface area contributed by atoms with Crippen molar-refractivity contribution >= 4 is 29.4 Å². The van der Waals surface area contributed by atoms with Gasteiger partial charge in [0, 0.05) is 31.1 Å². The van der Waals surface area contributed by atoms with Crippen LogP contribution in [0.25, 0.3) is 0 Å². The second-order valence-electron chi connectivity index (χ2n) is 7.15. The Morgan fingerprint density at radius 2 is 1.75 bits per heavy atom. The van der Waals surface area contributed by atoms with Crippen molar-refractivity contribution in [3.63, 3.8) is 0 Å². The van der Waals surface area contributed by atoms with E-state index in [1.165, 1.54) is 0 Å². The number of carbonyl (C=O) groups is 2. The number of hydrogen-bond donors (Lipinski definition) is 1. The van der Waals surface area contributed by atoms with E-state index in [1.807, 2.05) is 4.90 Å². The summed E-state index contributed by atoms with van der Waals surface area (Å²) >= 11 is 0.654. The third-order valence-electron chi connectivity index (χ3n) is 4.98. The fraction of sp³-hybridized carbons (Fsp3) is 0.579. The zero-order chi connectivity index (χ0) is 20.1. The maximum absolute atomic E-state index is 12.7. The second kappa shape index (κ2) is 9.07. The minimum Gasteiger partial charge on any atom is -0.325 e. The van der Waals surface area contributed by atoms with E-state index in [4.69, 9.17) is 0 Å². The molecule has 154 valence electrons. The molecule has 1 atom stereocenters. The Bertz CT molecular complexity index is 708. The number of halogens is 3. The molecular weight excluding hydrogens is 391 g/mol. The Labute approximate surface area is 166 Å². The third kappa shape index (κ3) is 5.56. The molecule has 0 radical (unpaired) electrons. The number of hydrogen-bond acceptors (Lipinski definition) is 3. The summed E-state index contributed by atoms with van der Waals surface area (Å²) in [7, 11) is 0. The fourth-order valence-corrected chi connectivity index (χ4v) is 4.33. The molecule has 0 aliphatic carbocycles. The lowest BCUT2D eigenvalue weighted by Crippen LogP contribution is -2.48. The van der Waals surface area contributed by atoms with Crippen LogP contribution in [0.5, 0.6) is 0 Å². The Kier molecular flexibility index (Phi) is 6.74. The van der Waals surface area contributed by atoms with Gasteiger partial charge in [-0.15, -0.1) is 11.8 Å². The van der Waals surface area contributed by atoms with E-state index < -0.39 is 11.9 Å². The summed E-state index contributed by atoms with van der Waals surface area (Å²) < 4.78 is 37.6. The average Bonchev–Trinajstić information content (AvgIpc) is 3.21. The molecule has 2 saturated heterocycles. The number of piperidine rings is 1. The molecule has 2 fully saturated rings. The lowest BCUT2D eigenvalue weighted by molar-refractivity contribution is -0.121. The zero-order valence-corrected chi connectivity index (χ0v) is 16.3. The molecule has 9 heteroatoms. The standard InChI is InChI=1S/C19H24F3N3O2S/c20-19(21,22)13-28-16-8-2-1-7-15(16)23-17(26)14-6-5-11-25(12-14)18(27)24-9-3-4-10-24/h1-2,7-8,14H,3-6,9-13H2,(H,23,26)/t14-/m0/s1. The number of amides is 3. The van der Waals surface area contributed by atoms with Crippen molar-refractivity contribution < 1.29 is 22.8 Å². The van der Waals surface area contributed by atoms with Crippen LogP contribution in [0.3, 0.4) is 0 Å². The molecule has 0 aromatic heterocycles. The number of nitrogens with zero attached hydrogens (tertiary/aromatic N) is 2. The highest BCUT2D eigenvalue weighted by molar-refractivity contribution is 7.99. The summed E-state index contributed by atoms with van der Waals surface area (Å²) in [6.45, 7) is 2.50. The van der Waals surface area contributed by atoms with Gasteiger partial charge in [-0.05, 0) is 37.8 Å². The first-order valence-electron chi connectivity index (χ1n) is 9.47. The van der Waals surface area contributed by atoms with Crippen LogP contribution in [-0.4, -0.2) is 59.8 Å². The van der Waals surface area contributed by atoms with Gasteiger partial charge in [0.25, 0.3) is 0 Å². The molecule has 0 unspecified atom stereocenters. The van der Waals surface area contributed by atoms with Gasteiger partial charge in [0.05, 0.1) is 17.4 Å². The summed E-state index contributed by atoms with van der Waals surface area (Å²) in [5.41, 5.74) is 0.379. The van der Waals surface area contributed by atoms with Gasteiger partial charge in [-0.2, -0.15) is 13.2 Å². The van der Waals surface area contributed by atoms with Gasteiger partial charge in [-0.25, -0.2) is 4.79 Å². The first-order valence-corrected chi connectivity index (χ1v) is 10.5. The molecule has 2 aliphatic heterocycles. The normalized spacial score (nSPS) is 20.3. The monoisotopic (exact) mass is 415 g/mol. The molecule has 1 N–H and O–H groups in total. The topological polar surface area (TPSA) is 52.7 Å². The van der Waals surface area contributed by atoms with Crippen molar-refractivity contribution in [1.29, 1.82) is 0 Å². The van der Waals surface area contributed by atoms with Crippen molar-refractivity contribution in [2.45, 2.75) is 36.8 Å². The molecule has 28 heavy (non-hydrogen) atoms. The minimum absolute atomic E-state index is 0.0175. The minimum atomic E-state index is -4.28. The highest BCUT2D eigenvalue weighted by Crippen LogP contribution is 2.32. The van der Waals surface area contributed by atoms with Gasteiger partial charge < -0.3 is 15.1 Å². The highest BCUT2D eigenvalue weighted by Gasteiger charge is 2.32. The second-order valence-corrected chi connectivity index (χ2v) is 8.17. The van der Waals surface area contributed by atoms with Gasteiger partial charge in [0.15, 0.2) is 0 Å². The molecule has 2 heterocycles. The van der Waals surface area contributed by atoms with Crippen LogP contribution < -0.4 is 5.32 Å². The number of likely N-dealkylation sites (tertiary alicyclic amines) is 2. The van der Waals surface area contributed by atoms with Crippen LogP contribution in [0, 0.1) is 5.92 Å². The van der Waals surface area contributed by atoms with Gasteiger partial charge in [0.2, 0.25) is 5.91 Å².